The van der Waals surface area contributed by atoms with Gasteiger partial charge in [-0.25, -0.2) is 4.98 Å². The van der Waals surface area contributed by atoms with E-state index in [1.54, 1.807) is 36.4 Å². The molecule has 3 saturated heterocycles. The molecule has 18 heteroatoms. The van der Waals surface area contributed by atoms with Crippen molar-refractivity contribution in [3.63, 3.8) is 0 Å². The SMILES string of the molecule is CCc1c(C#N)c(SC(C(N)=O)c2ccccc2)nc(N2CCC(NC(=O)C=CN3CCN(CCNc4cccc5c4C(=O)N(C4CCC(=O)NC4=O)C5=O)CC3)CC2)c1C#N. The fourth-order valence-electron chi connectivity index (χ4n) is 8.33. The molecule has 0 bridgehead atoms. The molecule has 1 aromatic heterocycles. The maximum Gasteiger partial charge on any atom is 0.264 e. The highest BCUT2D eigenvalue weighted by Crippen LogP contribution is 2.40. The van der Waals surface area contributed by atoms with E-state index in [4.69, 9.17) is 10.7 Å². The van der Waals surface area contributed by atoms with Gasteiger partial charge in [-0.1, -0.05) is 55.1 Å². The lowest BCUT2D eigenvalue weighted by atomic mass is 10.00. The Hall–Kier alpha value is -6.76. The van der Waals surface area contributed by atoms with Crippen molar-refractivity contribution in [1.82, 2.24) is 30.3 Å². The number of nitriles is 2. The predicted molar refractivity (Wildman–Crippen MR) is 229 cm³/mol. The topological polar surface area (TPSA) is 238 Å². The summed E-state index contributed by atoms with van der Waals surface area (Å²) in [6, 6.07) is 17.4. The van der Waals surface area contributed by atoms with E-state index in [0.717, 1.165) is 29.8 Å². The highest BCUT2D eigenvalue weighted by Gasteiger charge is 2.45. The van der Waals surface area contributed by atoms with Crippen molar-refractivity contribution in [3.05, 3.63) is 94.2 Å². The van der Waals surface area contributed by atoms with Crippen LogP contribution >= 0.6 is 11.8 Å². The highest BCUT2D eigenvalue weighted by molar-refractivity contribution is 8.00. The number of nitrogens with two attached hydrogens (primary N) is 1. The summed E-state index contributed by atoms with van der Waals surface area (Å²) >= 11 is 1.11. The van der Waals surface area contributed by atoms with Crippen LogP contribution < -0.4 is 26.6 Å². The minimum Gasteiger partial charge on any atom is -0.383 e. The first kappa shape index (κ1) is 43.3. The van der Waals surface area contributed by atoms with Gasteiger partial charge >= 0.3 is 0 Å². The minimum atomic E-state index is -1.03. The second kappa shape index (κ2) is 19.3. The molecule has 7 rings (SSSR count). The molecule has 0 spiro atoms. The number of amides is 6. The van der Waals surface area contributed by atoms with Gasteiger partial charge in [0.1, 0.15) is 34.3 Å². The van der Waals surface area contributed by atoms with E-state index in [0.29, 0.717) is 91.8 Å². The molecule has 320 valence electrons. The first-order valence-electron chi connectivity index (χ1n) is 20.7. The van der Waals surface area contributed by atoms with Gasteiger partial charge in [0.15, 0.2) is 0 Å². The van der Waals surface area contributed by atoms with Crippen LogP contribution in [0.2, 0.25) is 0 Å². The Labute approximate surface area is 363 Å². The molecule has 2 aromatic carbocycles. The van der Waals surface area contributed by atoms with E-state index in [1.807, 2.05) is 36.2 Å². The van der Waals surface area contributed by atoms with Crippen LogP contribution in [0, 0.1) is 22.7 Å². The number of piperazine rings is 1. The summed E-state index contributed by atoms with van der Waals surface area (Å²) in [6.45, 7) is 7.03. The molecule has 0 saturated carbocycles. The Balaban J connectivity index is 0.878. The Morgan fingerprint density at radius 1 is 0.952 bits per heavy atom. The average Bonchev–Trinajstić information content (AvgIpc) is 3.53. The van der Waals surface area contributed by atoms with E-state index in [-0.39, 0.29) is 41.5 Å². The zero-order chi connectivity index (χ0) is 43.9. The molecule has 5 heterocycles. The quantitative estimate of drug-likeness (QED) is 0.104. The number of pyridine rings is 1. The zero-order valence-electron chi connectivity index (χ0n) is 34.3. The molecular formula is C44H47N11O6S. The minimum absolute atomic E-state index is 0.0548. The van der Waals surface area contributed by atoms with E-state index in [1.165, 1.54) is 0 Å². The van der Waals surface area contributed by atoms with Crippen LogP contribution in [-0.2, 0) is 25.6 Å². The number of benzene rings is 2. The number of carbonyl (C=O) groups excluding carboxylic acids is 6. The predicted octanol–water partition coefficient (Wildman–Crippen LogP) is 2.44. The molecule has 0 radical (unpaired) electrons. The number of primary amides is 1. The normalized spacial score (nSPS) is 18.9. The van der Waals surface area contributed by atoms with Gasteiger partial charge in [-0.05, 0) is 48.9 Å². The summed E-state index contributed by atoms with van der Waals surface area (Å²) in [4.78, 5) is 88.4. The van der Waals surface area contributed by atoms with E-state index in [2.05, 4.69) is 37.9 Å². The number of thioether (sulfide) groups is 1. The summed E-state index contributed by atoms with van der Waals surface area (Å²) in [6.07, 6.45) is 5.16. The van der Waals surface area contributed by atoms with Crippen LogP contribution in [0.5, 0.6) is 0 Å². The number of fused-ring (bicyclic) bond motifs is 1. The van der Waals surface area contributed by atoms with Crippen LogP contribution in [0.15, 0.2) is 65.8 Å². The Morgan fingerprint density at radius 2 is 1.68 bits per heavy atom. The third kappa shape index (κ3) is 9.26. The summed E-state index contributed by atoms with van der Waals surface area (Å²) < 4.78 is 0. The van der Waals surface area contributed by atoms with Crippen molar-refractivity contribution in [1.29, 1.82) is 10.5 Å². The molecule has 3 fully saturated rings. The lowest BCUT2D eigenvalue weighted by Gasteiger charge is -2.35. The summed E-state index contributed by atoms with van der Waals surface area (Å²) in [5.41, 5.74) is 8.63. The average molecular weight is 858 g/mol. The third-order valence-electron chi connectivity index (χ3n) is 11.6. The van der Waals surface area contributed by atoms with Gasteiger partial charge in [-0.15, -0.1) is 0 Å². The van der Waals surface area contributed by atoms with Gasteiger partial charge in [0, 0.05) is 82.8 Å². The van der Waals surface area contributed by atoms with Crippen molar-refractivity contribution >= 4 is 58.7 Å². The van der Waals surface area contributed by atoms with Crippen molar-refractivity contribution in [2.45, 2.75) is 61.4 Å². The van der Waals surface area contributed by atoms with Crippen LogP contribution in [-0.4, -0.2) is 120 Å². The van der Waals surface area contributed by atoms with Crippen molar-refractivity contribution in [2.75, 3.05) is 62.6 Å². The number of piperidine rings is 2. The molecule has 62 heavy (non-hydrogen) atoms. The Kier molecular flexibility index (Phi) is 13.5. The molecule has 4 aliphatic heterocycles. The number of imide groups is 2. The second-order valence-corrected chi connectivity index (χ2v) is 16.5. The van der Waals surface area contributed by atoms with Gasteiger partial charge < -0.3 is 26.2 Å². The van der Waals surface area contributed by atoms with Gasteiger partial charge in [0.05, 0.1) is 22.3 Å². The molecule has 17 nitrogen and oxygen atoms in total. The largest absolute Gasteiger partial charge is 0.383 e. The van der Waals surface area contributed by atoms with E-state index in [9.17, 15) is 39.3 Å². The van der Waals surface area contributed by atoms with Crippen molar-refractivity contribution < 1.29 is 28.8 Å². The number of hydrogen-bond acceptors (Lipinski definition) is 14. The Morgan fingerprint density at radius 3 is 2.34 bits per heavy atom. The summed E-state index contributed by atoms with van der Waals surface area (Å²) in [5, 5.41) is 28.6. The fraction of sp³-hybridized carbons (Fsp3) is 0.386. The van der Waals surface area contributed by atoms with Gasteiger partial charge in [-0.3, -0.25) is 43.9 Å². The van der Waals surface area contributed by atoms with Crippen LogP contribution in [0.1, 0.15) is 80.8 Å². The summed E-state index contributed by atoms with van der Waals surface area (Å²) in [7, 11) is 0. The second-order valence-electron chi connectivity index (χ2n) is 15.4. The first-order chi connectivity index (χ1) is 30.0. The lowest BCUT2D eigenvalue weighted by Crippen LogP contribution is -2.54. The molecule has 4 aliphatic rings. The molecular weight excluding hydrogens is 811 g/mol. The molecule has 6 amide bonds. The summed E-state index contributed by atoms with van der Waals surface area (Å²) in [5.74, 6) is -2.48. The maximum atomic E-state index is 13.4. The highest BCUT2D eigenvalue weighted by atomic mass is 32.2. The fourth-order valence-corrected chi connectivity index (χ4v) is 9.39. The van der Waals surface area contributed by atoms with Gasteiger partial charge in [0.2, 0.25) is 23.6 Å². The maximum absolute atomic E-state index is 13.4. The number of nitrogens with one attached hydrogen (secondary N) is 3. The number of rotatable bonds is 14. The monoisotopic (exact) mass is 857 g/mol. The van der Waals surface area contributed by atoms with E-state index < -0.39 is 40.8 Å². The van der Waals surface area contributed by atoms with Crippen LogP contribution in [0.4, 0.5) is 11.5 Å². The lowest BCUT2D eigenvalue weighted by molar-refractivity contribution is -0.136. The van der Waals surface area contributed by atoms with Crippen LogP contribution in [0.25, 0.3) is 0 Å². The molecule has 0 aliphatic carbocycles. The number of carbonyl (C=O) groups is 6. The molecule has 2 unspecified atom stereocenters. The first-order valence-corrected chi connectivity index (χ1v) is 21.6. The van der Waals surface area contributed by atoms with Crippen molar-refractivity contribution in [3.8, 4) is 12.1 Å². The number of aromatic nitrogens is 1. The Bertz CT molecular complexity index is 2380. The smallest absolute Gasteiger partial charge is 0.264 e. The number of nitrogens with zero attached hydrogens (tertiary/aromatic N) is 7. The van der Waals surface area contributed by atoms with Crippen LogP contribution in [0.3, 0.4) is 0 Å². The van der Waals surface area contributed by atoms with E-state index >= 15 is 0 Å². The number of hydrogen-bond donors (Lipinski definition) is 4. The zero-order valence-corrected chi connectivity index (χ0v) is 35.1. The molecule has 5 N–H and O–H groups in total. The van der Waals surface area contributed by atoms with Gasteiger partial charge in [-0.2, -0.15) is 10.5 Å². The number of anilines is 2. The standard InChI is InChI=1S/C44H47N11O6S/c1-2-29-31(25-45)40(51-42(32(29)26-46)62-38(39(47)58)27-7-4-3-5-8-27)54-18-13-28(14-19-54)49-36(57)15-17-52-21-23-53(24-22-52)20-16-48-33-10-6-9-30-37(33)44(61)55(43(30)60)34-11-12-35(56)50-41(34)59/h3-10,15,17,28,34,38,48H,2,11-14,16,18-24H2,1H3,(H2,47,58)(H,49,57)(H,50,56,59). The van der Waals surface area contributed by atoms with Gasteiger partial charge in [0.25, 0.3) is 11.8 Å². The molecule has 3 aromatic rings. The molecule has 2 atom stereocenters. The van der Waals surface area contributed by atoms with Crippen molar-refractivity contribution in [2.24, 2.45) is 5.73 Å². The third-order valence-corrected chi connectivity index (χ3v) is 12.9.